The Morgan fingerprint density at radius 3 is 2.76 bits per heavy atom. The molecule has 0 bridgehead atoms. The minimum Gasteiger partial charge on any atom is -0.489 e. The van der Waals surface area contributed by atoms with Gasteiger partial charge in [-0.2, -0.15) is 0 Å². The molecule has 0 aromatic carbocycles. The Labute approximate surface area is 128 Å². The molecule has 1 N–H and O–H groups in total. The van der Waals surface area contributed by atoms with Crippen molar-refractivity contribution in [3.05, 3.63) is 24.0 Å². The van der Waals surface area contributed by atoms with Crippen LogP contribution in [-0.4, -0.2) is 31.3 Å². The number of nitrogens with one attached hydrogen (secondary N) is 1. The van der Waals surface area contributed by atoms with Crippen LogP contribution in [0.2, 0.25) is 0 Å². The SMILES string of the molecule is COCCNCc1ccc(OC2CCC(C)C(C)C2)cn1. The molecule has 0 saturated heterocycles. The summed E-state index contributed by atoms with van der Waals surface area (Å²) in [4.78, 5) is 4.45. The summed E-state index contributed by atoms with van der Waals surface area (Å²) in [5.74, 6) is 2.46. The normalized spacial score (nSPS) is 25.8. The molecule has 21 heavy (non-hydrogen) atoms. The third-order valence-corrected chi connectivity index (χ3v) is 4.44. The molecule has 1 saturated carbocycles. The van der Waals surface area contributed by atoms with E-state index in [0.717, 1.165) is 55.8 Å². The van der Waals surface area contributed by atoms with E-state index < -0.39 is 0 Å². The third kappa shape index (κ3) is 5.29. The molecular formula is C17H28N2O2. The van der Waals surface area contributed by atoms with E-state index in [4.69, 9.17) is 9.47 Å². The summed E-state index contributed by atoms with van der Waals surface area (Å²) in [5, 5.41) is 3.29. The number of hydrogen-bond donors (Lipinski definition) is 1. The molecule has 118 valence electrons. The molecule has 0 amide bonds. The zero-order valence-electron chi connectivity index (χ0n) is 13.5. The van der Waals surface area contributed by atoms with E-state index in [1.807, 2.05) is 18.3 Å². The van der Waals surface area contributed by atoms with E-state index in [9.17, 15) is 0 Å². The fourth-order valence-corrected chi connectivity index (χ4v) is 2.77. The van der Waals surface area contributed by atoms with Gasteiger partial charge in [-0.1, -0.05) is 13.8 Å². The summed E-state index contributed by atoms with van der Waals surface area (Å²) < 4.78 is 11.1. The summed E-state index contributed by atoms with van der Waals surface area (Å²) >= 11 is 0. The zero-order valence-corrected chi connectivity index (χ0v) is 13.5. The Morgan fingerprint density at radius 2 is 2.10 bits per heavy atom. The highest BCUT2D eigenvalue weighted by Crippen LogP contribution is 2.31. The second kappa shape index (κ2) is 8.35. The van der Waals surface area contributed by atoms with Gasteiger partial charge in [0.15, 0.2) is 0 Å². The standard InChI is InChI=1S/C17H28N2O2/c1-13-4-6-16(10-14(13)2)21-17-7-5-15(19-12-17)11-18-8-9-20-3/h5,7,12-14,16,18H,4,6,8-11H2,1-3H3. The lowest BCUT2D eigenvalue weighted by molar-refractivity contribution is 0.100. The van der Waals surface area contributed by atoms with Gasteiger partial charge in [-0.05, 0) is 43.2 Å². The molecule has 0 aliphatic heterocycles. The van der Waals surface area contributed by atoms with Gasteiger partial charge in [0.25, 0.3) is 0 Å². The quantitative estimate of drug-likeness (QED) is 0.785. The molecular weight excluding hydrogens is 264 g/mol. The molecule has 3 atom stereocenters. The number of rotatable bonds is 7. The van der Waals surface area contributed by atoms with Crippen molar-refractivity contribution in [1.82, 2.24) is 10.3 Å². The van der Waals surface area contributed by atoms with Gasteiger partial charge in [0.1, 0.15) is 5.75 Å². The first-order chi connectivity index (χ1) is 10.2. The lowest BCUT2D eigenvalue weighted by Crippen LogP contribution is -2.28. The first-order valence-corrected chi connectivity index (χ1v) is 8.00. The summed E-state index contributed by atoms with van der Waals surface area (Å²) in [5.41, 5.74) is 1.03. The Hall–Kier alpha value is -1.13. The van der Waals surface area contributed by atoms with Gasteiger partial charge in [0.05, 0.1) is 24.6 Å². The highest BCUT2D eigenvalue weighted by molar-refractivity contribution is 5.20. The van der Waals surface area contributed by atoms with Crippen LogP contribution in [0.4, 0.5) is 0 Å². The largest absolute Gasteiger partial charge is 0.489 e. The first kappa shape index (κ1) is 16.2. The Bertz CT molecular complexity index is 408. The van der Waals surface area contributed by atoms with E-state index in [1.165, 1.54) is 6.42 Å². The highest BCUT2D eigenvalue weighted by atomic mass is 16.5. The van der Waals surface area contributed by atoms with Crippen LogP contribution in [0.25, 0.3) is 0 Å². The minimum atomic E-state index is 0.351. The van der Waals surface area contributed by atoms with E-state index >= 15 is 0 Å². The van der Waals surface area contributed by atoms with Crippen LogP contribution in [0.5, 0.6) is 5.75 Å². The second-order valence-corrected chi connectivity index (χ2v) is 6.16. The van der Waals surface area contributed by atoms with Gasteiger partial charge < -0.3 is 14.8 Å². The number of nitrogens with zero attached hydrogens (tertiary/aromatic N) is 1. The van der Waals surface area contributed by atoms with Crippen LogP contribution >= 0.6 is 0 Å². The van der Waals surface area contributed by atoms with Gasteiger partial charge >= 0.3 is 0 Å². The van der Waals surface area contributed by atoms with Crippen molar-refractivity contribution in [3.8, 4) is 5.75 Å². The van der Waals surface area contributed by atoms with Gasteiger partial charge in [-0.25, -0.2) is 0 Å². The molecule has 0 spiro atoms. The van der Waals surface area contributed by atoms with Crippen molar-refractivity contribution in [2.45, 2.75) is 45.8 Å². The lowest BCUT2D eigenvalue weighted by Gasteiger charge is -2.32. The van der Waals surface area contributed by atoms with Crippen molar-refractivity contribution in [1.29, 1.82) is 0 Å². The molecule has 1 aromatic heterocycles. The molecule has 2 rings (SSSR count). The summed E-state index contributed by atoms with van der Waals surface area (Å²) in [6, 6.07) is 4.06. The number of methoxy groups -OCH3 is 1. The number of aromatic nitrogens is 1. The maximum Gasteiger partial charge on any atom is 0.138 e. The molecule has 0 radical (unpaired) electrons. The minimum absolute atomic E-state index is 0.351. The number of hydrogen-bond acceptors (Lipinski definition) is 4. The van der Waals surface area contributed by atoms with Crippen molar-refractivity contribution in [3.63, 3.8) is 0 Å². The lowest BCUT2D eigenvalue weighted by atomic mass is 9.80. The van der Waals surface area contributed by atoms with E-state index in [2.05, 4.69) is 24.1 Å². The van der Waals surface area contributed by atoms with Crippen molar-refractivity contribution in [2.24, 2.45) is 11.8 Å². The van der Waals surface area contributed by atoms with Crippen LogP contribution < -0.4 is 10.1 Å². The fourth-order valence-electron chi connectivity index (χ4n) is 2.77. The molecule has 3 unspecified atom stereocenters. The molecule has 1 aromatic rings. The van der Waals surface area contributed by atoms with Crippen LogP contribution in [-0.2, 0) is 11.3 Å². The van der Waals surface area contributed by atoms with Crippen LogP contribution in [0.3, 0.4) is 0 Å². The van der Waals surface area contributed by atoms with Crippen molar-refractivity contribution >= 4 is 0 Å². The predicted octanol–water partition coefficient (Wildman–Crippen LogP) is 3.02. The fraction of sp³-hybridized carbons (Fsp3) is 0.706. The predicted molar refractivity (Wildman–Crippen MR) is 84.4 cm³/mol. The van der Waals surface area contributed by atoms with Gasteiger partial charge in [-0.15, -0.1) is 0 Å². The number of ether oxygens (including phenoxy) is 2. The van der Waals surface area contributed by atoms with Gasteiger partial charge in [0, 0.05) is 20.2 Å². The van der Waals surface area contributed by atoms with E-state index in [0.29, 0.717) is 6.10 Å². The Balaban J connectivity index is 1.77. The van der Waals surface area contributed by atoms with Crippen LogP contribution in [0.1, 0.15) is 38.8 Å². The molecule has 1 fully saturated rings. The molecule has 1 heterocycles. The highest BCUT2D eigenvalue weighted by Gasteiger charge is 2.25. The molecule has 1 aliphatic rings. The number of pyridine rings is 1. The van der Waals surface area contributed by atoms with E-state index in [1.54, 1.807) is 7.11 Å². The first-order valence-electron chi connectivity index (χ1n) is 8.00. The van der Waals surface area contributed by atoms with Gasteiger partial charge in [0.2, 0.25) is 0 Å². The van der Waals surface area contributed by atoms with Gasteiger partial charge in [-0.3, -0.25) is 4.98 Å². The third-order valence-electron chi connectivity index (χ3n) is 4.44. The van der Waals surface area contributed by atoms with E-state index in [-0.39, 0.29) is 0 Å². The average Bonchev–Trinajstić information content (AvgIpc) is 2.49. The molecule has 4 nitrogen and oxygen atoms in total. The van der Waals surface area contributed by atoms with Crippen molar-refractivity contribution < 1.29 is 9.47 Å². The molecule has 4 heteroatoms. The van der Waals surface area contributed by atoms with Crippen molar-refractivity contribution in [2.75, 3.05) is 20.3 Å². The smallest absolute Gasteiger partial charge is 0.138 e. The Kier molecular flexibility index (Phi) is 6.46. The van der Waals surface area contributed by atoms with Crippen LogP contribution in [0.15, 0.2) is 18.3 Å². The second-order valence-electron chi connectivity index (χ2n) is 6.16. The van der Waals surface area contributed by atoms with Crippen LogP contribution in [0, 0.1) is 11.8 Å². The summed E-state index contributed by atoms with van der Waals surface area (Å²) in [7, 11) is 1.71. The Morgan fingerprint density at radius 1 is 1.24 bits per heavy atom. The molecule has 1 aliphatic carbocycles. The summed E-state index contributed by atoms with van der Waals surface area (Å²) in [6.07, 6.45) is 5.77. The average molecular weight is 292 g/mol. The summed E-state index contributed by atoms with van der Waals surface area (Å²) in [6.45, 7) is 7.00. The monoisotopic (exact) mass is 292 g/mol. The maximum absolute atomic E-state index is 6.07. The topological polar surface area (TPSA) is 43.4 Å². The maximum atomic E-state index is 6.07. The zero-order chi connectivity index (χ0) is 15.1.